The van der Waals surface area contributed by atoms with Crippen LogP contribution in [-0.2, 0) is 10.0 Å². The zero-order valence-electron chi connectivity index (χ0n) is 10.7. The molecule has 0 aliphatic heterocycles. The van der Waals surface area contributed by atoms with Crippen LogP contribution in [0.25, 0.3) is 0 Å². The van der Waals surface area contributed by atoms with E-state index in [1.54, 1.807) is 12.1 Å². The second-order valence-electron chi connectivity index (χ2n) is 5.03. The van der Waals surface area contributed by atoms with E-state index in [4.69, 9.17) is 5.73 Å². The molecule has 0 heterocycles. The van der Waals surface area contributed by atoms with E-state index in [0.29, 0.717) is 22.6 Å². The van der Waals surface area contributed by atoms with Gasteiger partial charge in [-0.2, -0.15) is 0 Å². The van der Waals surface area contributed by atoms with Crippen LogP contribution in [0.15, 0.2) is 27.6 Å². The molecule has 0 aromatic heterocycles. The third kappa shape index (κ3) is 3.94. The van der Waals surface area contributed by atoms with Gasteiger partial charge in [0.25, 0.3) is 0 Å². The first-order valence-electron chi connectivity index (χ1n) is 6.54. The number of anilines is 1. The van der Waals surface area contributed by atoms with Gasteiger partial charge >= 0.3 is 0 Å². The summed E-state index contributed by atoms with van der Waals surface area (Å²) in [6.45, 7) is 0.504. The largest absolute Gasteiger partial charge is 0.399 e. The molecule has 0 atom stereocenters. The Labute approximate surface area is 122 Å². The number of halogens is 1. The second-order valence-corrected chi connectivity index (χ2v) is 7.62. The van der Waals surface area contributed by atoms with Gasteiger partial charge in [-0.1, -0.05) is 25.7 Å². The van der Waals surface area contributed by atoms with Gasteiger partial charge in [0.2, 0.25) is 10.0 Å². The van der Waals surface area contributed by atoms with Crippen molar-refractivity contribution in [3.63, 3.8) is 0 Å². The molecule has 1 fully saturated rings. The van der Waals surface area contributed by atoms with Crippen molar-refractivity contribution >= 4 is 31.6 Å². The minimum atomic E-state index is -3.45. The first-order chi connectivity index (χ1) is 8.99. The predicted octanol–water partition coefficient (Wildman–Crippen LogP) is 2.89. The van der Waals surface area contributed by atoms with Gasteiger partial charge < -0.3 is 5.73 Å². The molecule has 0 bridgehead atoms. The van der Waals surface area contributed by atoms with Crippen LogP contribution in [0.5, 0.6) is 0 Å². The van der Waals surface area contributed by atoms with Crippen molar-refractivity contribution in [1.29, 1.82) is 0 Å². The average Bonchev–Trinajstić information content (AvgIpc) is 2.81. The number of hydrogen-bond donors (Lipinski definition) is 2. The lowest BCUT2D eigenvalue weighted by Gasteiger charge is -2.11. The van der Waals surface area contributed by atoms with Crippen LogP contribution in [0.4, 0.5) is 5.69 Å². The quantitative estimate of drug-likeness (QED) is 0.805. The number of nitrogen functional groups attached to an aromatic ring is 1. The summed E-state index contributed by atoms with van der Waals surface area (Å²) in [5, 5.41) is 0. The highest BCUT2D eigenvalue weighted by Crippen LogP contribution is 2.27. The van der Waals surface area contributed by atoms with Crippen LogP contribution in [-0.4, -0.2) is 15.0 Å². The Balaban J connectivity index is 1.97. The van der Waals surface area contributed by atoms with Crippen LogP contribution in [0.3, 0.4) is 0 Å². The average molecular weight is 347 g/mol. The molecule has 0 amide bonds. The Bertz CT molecular complexity index is 540. The Kier molecular flexibility index (Phi) is 4.86. The van der Waals surface area contributed by atoms with Crippen molar-refractivity contribution < 1.29 is 8.42 Å². The zero-order valence-corrected chi connectivity index (χ0v) is 13.1. The zero-order chi connectivity index (χ0) is 13.9. The Morgan fingerprint density at radius 3 is 2.63 bits per heavy atom. The summed E-state index contributed by atoms with van der Waals surface area (Å²) in [7, 11) is -3.45. The molecule has 19 heavy (non-hydrogen) atoms. The van der Waals surface area contributed by atoms with Gasteiger partial charge in [0.05, 0.1) is 4.90 Å². The lowest BCUT2D eigenvalue weighted by atomic mass is 10.1. The molecule has 0 saturated heterocycles. The van der Waals surface area contributed by atoms with Crippen molar-refractivity contribution in [1.82, 2.24) is 4.72 Å². The van der Waals surface area contributed by atoms with E-state index < -0.39 is 10.0 Å². The molecule has 1 aromatic carbocycles. The van der Waals surface area contributed by atoms with Gasteiger partial charge in [-0.3, -0.25) is 0 Å². The fourth-order valence-electron chi connectivity index (χ4n) is 2.51. The molecule has 1 aliphatic rings. The van der Waals surface area contributed by atoms with Gasteiger partial charge in [-0.15, -0.1) is 0 Å². The molecule has 1 aromatic rings. The summed E-state index contributed by atoms with van der Waals surface area (Å²) in [4.78, 5) is 0.244. The first-order valence-corrected chi connectivity index (χ1v) is 8.81. The fourth-order valence-corrected chi connectivity index (χ4v) is 4.65. The van der Waals surface area contributed by atoms with E-state index in [0.717, 1.165) is 6.42 Å². The lowest BCUT2D eigenvalue weighted by molar-refractivity contribution is 0.495. The molecule has 0 unspecified atom stereocenters. The Hall–Kier alpha value is -0.590. The third-order valence-electron chi connectivity index (χ3n) is 3.56. The fraction of sp³-hybridized carbons (Fsp3) is 0.538. The molecular weight excluding hydrogens is 328 g/mol. The highest BCUT2D eigenvalue weighted by atomic mass is 79.9. The smallest absolute Gasteiger partial charge is 0.241 e. The van der Waals surface area contributed by atoms with E-state index in [1.807, 2.05) is 0 Å². The summed E-state index contributed by atoms with van der Waals surface area (Å²) in [5.41, 5.74) is 6.15. The summed E-state index contributed by atoms with van der Waals surface area (Å²) < 4.78 is 27.5. The topological polar surface area (TPSA) is 72.2 Å². The van der Waals surface area contributed by atoms with E-state index in [9.17, 15) is 8.42 Å². The SMILES string of the molecule is Nc1ccc(S(=O)(=O)NCCC2CCCC2)c(Br)c1. The van der Waals surface area contributed by atoms with Gasteiger partial charge in [0.15, 0.2) is 0 Å². The van der Waals surface area contributed by atoms with Gasteiger partial charge in [-0.05, 0) is 46.5 Å². The molecule has 1 aliphatic carbocycles. The number of nitrogens with one attached hydrogen (secondary N) is 1. The van der Waals surface area contributed by atoms with Crippen LogP contribution < -0.4 is 10.5 Å². The van der Waals surface area contributed by atoms with Crippen molar-refractivity contribution in [2.24, 2.45) is 5.92 Å². The summed E-state index contributed by atoms with van der Waals surface area (Å²) in [5.74, 6) is 0.678. The third-order valence-corrected chi connectivity index (χ3v) is 6.00. The molecule has 6 heteroatoms. The van der Waals surface area contributed by atoms with E-state index in [2.05, 4.69) is 20.7 Å². The Morgan fingerprint density at radius 2 is 2.00 bits per heavy atom. The molecule has 106 valence electrons. The standard InChI is InChI=1S/C13H19BrN2O2S/c14-12-9-11(15)5-6-13(12)19(17,18)16-8-7-10-3-1-2-4-10/h5-6,9-10,16H,1-4,7-8,15H2. The summed E-state index contributed by atoms with van der Waals surface area (Å²) in [6, 6.07) is 4.72. The van der Waals surface area contributed by atoms with Gasteiger partial charge in [0, 0.05) is 16.7 Å². The van der Waals surface area contributed by atoms with Crippen LogP contribution >= 0.6 is 15.9 Å². The minimum absolute atomic E-state index is 0.244. The predicted molar refractivity (Wildman–Crippen MR) is 80.3 cm³/mol. The monoisotopic (exact) mass is 346 g/mol. The van der Waals surface area contributed by atoms with Crippen LogP contribution in [0.2, 0.25) is 0 Å². The maximum absolute atomic E-state index is 12.2. The first kappa shape index (κ1) is 14.8. The summed E-state index contributed by atoms with van der Waals surface area (Å²) >= 11 is 3.24. The summed E-state index contributed by atoms with van der Waals surface area (Å²) in [6.07, 6.45) is 5.94. The minimum Gasteiger partial charge on any atom is -0.399 e. The number of nitrogens with two attached hydrogens (primary N) is 1. The molecule has 0 radical (unpaired) electrons. The van der Waals surface area contributed by atoms with Crippen LogP contribution in [0.1, 0.15) is 32.1 Å². The molecule has 2 rings (SSSR count). The number of rotatable bonds is 5. The normalized spacial score (nSPS) is 16.9. The molecule has 1 saturated carbocycles. The second kappa shape index (κ2) is 6.24. The maximum atomic E-state index is 12.2. The van der Waals surface area contributed by atoms with E-state index >= 15 is 0 Å². The number of sulfonamides is 1. The highest BCUT2D eigenvalue weighted by molar-refractivity contribution is 9.10. The van der Waals surface area contributed by atoms with E-state index in [1.165, 1.54) is 31.7 Å². The van der Waals surface area contributed by atoms with Crippen molar-refractivity contribution in [2.75, 3.05) is 12.3 Å². The maximum Gasteiger partial charge on any atom is 0.241 e. The highest BCUT2D eigenvalue weighted by Gasteiger charge is 2.19. The molecule has 0 spiro atoms. The van der Waals surface area contributed by atoms with E-state index in [-0.39, 0.29) is 4.90 Å². The molecule has 4 nitrogen and oxygen atoms in total. The van der Waals surface area contributed by atoms with Crippen molar-refractivity contribution in [3.8, 4) is 0 Å². The number of benzene rings is 1. The number of hydrogen-bond acceptors (Lipinski definition) is 3. The lowest BCUT2D eigenvalue weighted by Crippen LogP contribution is -2.26. The Morgan fingerprint density at radius 1 is 1.32 bits per heavy atom. The molecule has 3 N–H and O–H groups in total. The van der Waals surface area contributed by atoms with Crippen molar-refractivity contribution in [2.45, 2.75) is 37.0 Å². The van der Waals surface area contributed by atoms with Gasteiger partial charge in [-0.25, -0.2) is 13.1 Å². The molecular formula is C13H19BrN2O2S. The van der Waals surface area contributed by atoms with Crippen molar-refractivity contribution in [3.05, 3.63) is 22.7 Å². The van der Waals surface area contributed by atoms with Gasteiger partial charge in [0.1, 0.15) is 0 Å². The van der Waals surface area contributed by atoms with Crippen LogP contribution in [0, 0.1) is 5.92 Å².